The molecule has 1 N–H and O–H groups in total. The fourth-order valence-electron chi connectivity index (χ4n) is 3.93. The van der Waals surface area contributed by atoms with Crippen LogP contribution < -0.4 is 9.62 Å². The number of likely N-dealkylation sites (N-methyl/N-ethyl adjacent to an activating group) is 1. The molecule has 2 amide bonds. The van der Waals surface area contributed by atoms with Crippen molar-refractivity contribution in [2.75, 3.05) is 17.4 Å². The first-order valence-electron chi connectivity index (χ1n) is 12.0. The van der Waals surface area contributed by atoms with Gasteiger partial charge in [-0.15, -0.1) is 0 Å². The van der Waals surface area contributed by atoms with Crippen LogP contribution in [0.25, 0.3) is 0 Å². The predicted octanol–water partition coefficient (Wildman–Crippen LogP) is 4.71. The first-order valence-corrected chi connectivity index (χ1v) is 13.8. The van der Waals surface area contributed by atoms with Crippen LogP contribution in [0.4, 0.5) is 5.69 Å². The Morgan fingerprint density at radius 1 is 0.973 bits per heavy atom. The van der Waals surface area contributed by atoms with Crippen molar-refractivity contribution in [2.24, 2.45) is 0 Å². The monoisotopic (exact) mass is 541 g/mol. The van der Waals surface area contributed by atoms with Gasteiger partial charge >= 0.3 is 0 Å². The minimum atomic E-state index is -4.11. The van der Waals surface area contributed by atoms with Gasteiger partial charge in [0.2, 0.25) is 11.8 Å². The predicted molar refractivity (Wildman–Crippen MR) is 147 cm³/mol. The van der Waals surface area contributed by atoms with Crippen LogP contribution in [-0.4, -0.2) is 44.3 Å². The zero-order chi connectivity index (χ0) is 27.2. The smallest absolute Gasteiger partial charge is 0.264 e. The summed E-state index contributed by atoms with van der Waals surface area (Å²) < 4.78 is 28.6. The van der Waals surface area contributed by atoms with Crippen molar-refractivity contribution >= 4 is 39.1 Å². The summed E-state index contributed by atoms with van der Waals surface area (Å²) >= 11 is 6.13. The Morgan fingerprint density at radius 2 is 1.62 bits per heavy atom. The van der Waals surface area contributed by atoms with Crippen molar-refractivity contribution in [1.82, 2.24) is 10.2 Å². The fourth-order valence-corrected chi connectivity index (χ4v) is 5.65. The third-order valence-electron chi connectivity index (χ3n) is 6.03. The average molecular weight is 542 g/mol. The lowest BCUT2D eigenvalue weighted by Gasteiger charge is -2.32. The first kappa shape index (κ1) is 28.2. The molecule has 196 valence electrons. The van der Waals surface area contributed by atoms with Crippen LogP contribution in [0.15, 0.2) is 77.7 Å². The lowest BCUT2D eigenvalue weighted by Crippen LogP contribution is -2.51. The highest BCUT2D eigenvalue weighted by Crippen LogP contribution is 2.29. The Kier molecular flexibility index (Phi) is 9.34. The molecule has 0 aromatic heterocycles. The summed E-state index contributed by atoms with van der Waals surface area (Å²) in [4.78, 5) is 28.0. The highest BCUT2D eigenvalue weighted by molar-refractivity contribution is 7.92. The summed E-state index contributed by atoms with van der Waals surface area (Å²) in [7, 11) is -4.11. The molecule has 3 aromatic rings. The second-order valence-electron chi connectivity index (χ2n) is 8.83. The van der Waals surface area contributed by atoms with Crippen LogP contribution in [-0.2, 0) is 26.2 Å². The van der Waals surface area contributed by atoms with E-state index in [1.807, 2.05) is 31.2 Å². The second-order valence-corrected chi connectivity index (χ2v) is 11.1. The number of benzene rings is 3. The number of sulfonamides is 1. The molecule has 0 heterocycles. The maximum absolute atomic E-state index is 13.8. The first-order chi connectivity index (χ1) is 17.5. The molecule has 1 atom stereocenters. The SMILES string of the molecule is CCNC(=O)[C@H](C)N(Cc1ccc(C)cc1)C(=O)CN(c1ccc(Cl)cc1C)S(=O)(=O)c1ccccc1. The number of aryl methyl sites for hydroxylation is 2. The van der Waals surface area contributed by atoms with Gasteiger partial charge in [0, 0.05) is 18.1 Å². The molecule has 0 fully saturated rings. The topological polar surface area (TPSA) is 86.8 Å². The molecule has 3 rings (SSSR count). The standard InChI is InChI=1S/C28H32ClN3O4S/c1-5-30-28(34)22(4)31(18-23-13-11-20(2)12-14-23)27(33)19-32(26-16-15-24(29)17-21(26)3)37(35,36)25-9-7-6-8-10-25/h6-17,22H,5,18-19H2,1-4H3,(H,30,34)/t22-/m0/s1. The van der Waals surface area contributed by atoms with E-state index in [1.165, 1.54) is 17.0 Å². The molecule has 0 bridgehead atoms. The number of nitrogens with zero attached hydrogens (tertiary/aromatic N) is 2. The van der Waals surface area contributed by atoms with Gasteiger partial charge in [-0.3, -0.25) is 13.9 Å². The number of amides is 2. The maximum Gasteiger partial charge on any atom is 0.264 e. The number of rotatable bonds is 10. The van der Waals surface area contributed by atoms with Crippen LogP contribution in [0.5, 0.6) is 0 Å². The van der Waals surface area contributed by atoms with Crippen molar-refractivity contribution in [3.8, 4) is 0 Å². The number of halogens is 1. The fraction of sp³-hybridized carbons (Fsp3) is 0.286. The average Bonchev–Trinajstić information content (AvgIpc) is 2.87. The molecule has 0 aliphatic carbocycles. The molecular formula is C28H32ClN3O4S. The Hall–Kier alpha value is -3.36. The maximum atomic E-state index is 13.8. The number of nitrogens with one attached hydrogen (secondary N) is 1. The number of carbonyl (C=O) groups excluding carboxylic acids is 2. The Morgan fingerprint density at radius 3 is 2.22 bits per heavy atom. The van der Waals surface area contributed by atoms with Gasteiger partial charge in [-0.1, -0.05) is 59.6 Å². The number of anilines is 1. The summed E-state index contributed by atoms with van der Waals surface area (Å²) in [6, 6.07) is 19.6. The molecule has 0 saturated heterocycles. The van der Waals surface area contributed by atoms with Crippen molar-refractivity contribution in [1.29, 1.82) is 0 Å². The van der Waals surface area contributed by atoms with E-state index in [0.717, 1.165) is 15.4 Å². The molecule has 7 nitrogen and oxygen atoms in total. The lowest BCUT2D eigenvalue weighted by molar-refractivity contribution is -0.139. The highest BCUT2D eigenvalue weighted by atomic mass is 35.5. The van der Waals surface area contributed by atoms with E-state index >= 15 is 0 Å². The van der Waals surface area contributed by atoms with Crippen LogP contribution in [0, 0.1) is 13.8 Å². The van der Waals surface area contributed by atoms with Crippen molar-refractivity contribution < 1.29 is 18.0 Å². The number of carbonyl (C=O) groups is 2. The van der Waals surface area contributed by atoms with Gasteiger partial charge < -0.3 is 10.2 Å². The van der Waals surface area contributed by atoms with Gasteiger partial charge in [0.05, 0.1) is 10.6 Å². The molecule has 37 heavy (non-hydrogen) atoms. The van der Waals surface area contributed by atoms with Gasteiger partial charge in [-0.2, -0.15) is 0 Å². The molecule has 0 unspecified atom stereocenters. The third-order valence-corrected chi connectivity index (χ3v) is 8.04. The van der Waals surface area contributed by atoms with Crippen molar-refractivity contribution in [3.05, 3.63) is 94.5 Å². The summed E-state index contributed by atoms with van der Waals surface area (Å²) in [5.74, 6) is -0.823. The second kappa shape index (κ2) is 12.3. The summed E-state index contributed by atoms with van der Waals surface area (Å²) in [5.41, 5.74) is 2.83. The molecular weight excluding hydrogens is 510 g/mol. The van der Waals surface area contributed by atoms with E-state index in [4.69, 9.17) is 11.6 Å². The van der Waals surface area contributed by atoms with Gasteiger partial charge in [0.15, 0.2) is 0 Å². The van der Waals surface area contributed by atoms with E-state index < -0.39 is 28.5 Å². The van der Waals surface area contributed by atoms with E-state index in [0.29, 0.717) is 22.8 Å². The zero-order valence-electron chi connectivity index (χ0n) is 21.4. The molecule has 0 aliphatic rings. The number of hydrogen-bond acceptors (Lipinski definition) is 4. The normalized spacial score (nSPS) is 12.0. The van der Waals surface area contributed by atoms with Crippen LogP contribution in [0.1, 0.15) is 30.5 Å². The quantitative estimate of drug-likeness (QED) is 0.403. The van der Waals surface area contributed by atoms with Crippen LogP contribution in [0.3, 0.4) is 0 Å². The summed E-state index contributed by atoms with van der Waals surface area (Å²) in [6.45, 7) is 7.21. The highest BCUT2D eigenvalue weighted by Gasteiger charge is 2.33. The minimum Gasteiger partial charge on any atom is -0.355 e. The van der Waals surface area contributed by atoms with E-state index in [9.17, 15) is 18.0 Å². The lowest BCUT2D eigenvalue weighted by atomic mass is 10.1. The molecule has 0 radical (unpaired) electrons. The minimum absolute atomic E-state index is 0.0546. The molecule has 0 aliphatic heterocycles. The van der Waals surface area contributed by atoms with E-state index in [1.54, 1.807) is 57.2 Å². The molecule has 9 heteroatoms. The molecule has 0 spiro atoms. The zero-order valence-corrected chi connectivity index (χ0v) is 23.0. The van der Waals surface area contributed by atoms with Gasteiger partial charge in [-0.05, 0) is 69.2 Å². The van der Waals surface area contributed by atoms with Crippen molar-refractivity contribution in [3.63, 3.8) is 0 Å². The van der Waals surface area contributed by atoms with Gasteiger partial charge in [0.25, 0.3) is 10.0 Å². The van der Waals surface area contributed by atoms with E-state index in [-0.39, 0.29) is 17.3 Å². The Balaban J connectivity index is 2.04. The van der Waals surface area contributed by atoms with Crippen LogP contribution >= 0.6 is 11.6 Å². The number of hydrogen-bond donors (Lipinski definition) is 1. The van der Waals surface area contributed by atoms with Gasteiger partial charge in [0.1, 0.15) is 12.6 Å². The molecule has 0 saturated carbocycles. The third kappa shape index (κ3) is 6.90. The van der Waals surface area contributed by atoms with Gasteiger partial charge in [-0.25, -0.2) is 8.42 Å². The Labute approximate surface area is 224 Å². The Bertz CT molecular complexity index is 1350. The van der Waals surface area contributed by atoms with Crippen molar-refractivity contribution in [2.45, 2.75) is 45.2 Å². The summed E-state index contributed by atoms with van der Waals surface area (Å²) in [6.07, 6.45) is 0. The largest absolute Gasteiger partial charge is 0.355 e. The summed E-state index contributed by atoms with van der Waals surface area (Å²) in [5, 5.41) is 3.21. The van der Waals surface area contributed by atoms with Crippen LogP contribution in [0.2, 0.25) is 5.02 Å². The molecule has 3 aromatic carbocycles. The van der Waals surface area contributed by atoms with E-state index in [2.05, 4.69) is 5.32 Å².